The molecule has 6 heteroatoms. The molecule has 0 aliphatic carbocycles. The minimum atomic E-state index is -0.0488. The van der Waals surface area contributed by atoms with Crippen LogP contribution in [0.5, 0.6) is 0 Å². The molecule has 25 heavy (non-hydrogen) atoms. The molecule has 1 N–H and O–H groups in total. The standard InChI is InChI=1S/C19H19N3OS2/c1-3-24-16-9-5-4-8-15(16)18(23)21-12-17-13(2)22-19(25-17)14-7-6-10-20-11-14/h4-11H,3,12H2,1-2H3,(H,21,23). The number of carbonyl (C=O) groups excluding carboxylic acids is 1. The van der Waals surface area contributed by atoms with Crippen molar-refractivity contribution >= 4 is 29.0 Å². The molecule has 128 valence electrons. The second-order valence-electron chi connectivity index (χ2n) is 5.38. The molecule has 0 saturated carbocycles. The Balaban J connectivity index is 1.72. The molecule has 0 unspecified atom stereocenters. The number of benzene rings is 1. The lowest BCUT2D eigenvalue weighted by molar-refractivity contribution is 0.0948. The highest BCUT2D eigenvalue weighted by Crippen LogP contribution is 2.27. The minimum Gasteiger partial charge on any atom is -0.347 e. The van der Waals surface area contributed by atoms with E-state index in [0.29, 0.717) is 6.54 Å². The fraction of sp³-hybridized carbons (Fsp3) is 0.211. The Bertz CT molecular complexity index is 862. The van der Waals surface area contributed by atoms with Gasteiger partial charge in [-0.2, -0.15) is 0 Å². The van der Waals surface area contributed by atoms with Crippen molar-refractivity contribution < 1.29 is 4.79 Å². The number of hydrogen-bond acceptors (Lipinski definition) is 5. The normalized spacial score (nSPS) is 10.6. The predicted molar refractivity (Wildman–Crippen MR) is 104 cm³/mol. The fourth-order valence-electron chi connectivity index (χ4n) is 2.40. The third-order valence-electron chi connectivity index (χ3n) is 3.64. The summed E-state index contributed by atoms with van der Waals surface area (Å²) >= 11 is 3.27. The molecule has 0 bridgehead atoms. The van der Waals surface area contributed by atoms with E-state index in [2.05, 4.69) is 22.2 Å². The molecule has 4 nitrogen and oxygen atoms in total. The Labute approximate surface area is 155 Å². The maximum absolute atomic E-state index is 12.6. The van der Waals surface area contributed by atoms with Gasteiger partial charge in [0, 0.05) is 27.7 Å². The first-order valence-electron chi connectivity index (χ1n) is 8.05. The van der Waals surface area contributed by atoms with Gasteiger partial charge in [0.05, 0.1) is 17.8 Å². The largest absolute Gasteiger partial charge is 0.347 e. The summed E-state index contributed by atoms with van der Waals surface area (Å²) < 4.78 is 0. The van der Waals surface area contributed by atoms with Gasteiger partial charge < -0.3 is 5.32 Å². The summed E-state index contributed by atoms with van der Waals surface area (Å²) in [6.07, 6.45) is 3.55. The van der Waals surface area contributed by atoms with E-state index in [9.17, 15) is 4.79 Å². The second kappa shape index (κ2) is 8.27. The average Bonchev–Trinajstić information content (AvgIpc) is 3.02. The molecule has 0 radical (unpaired) electrons. The first-order valence-corrected chi connectivity index (χ1v) is 9.86. The Morgan fingerprint density at radius 3 is 2.84 bits per heavy atom. The SMILES string of the molecule is CCSc1ccccc1C(=O)NCc1sc(-c2cccnc2)nc1C. The van der Waals surface area contributed by atoms with E-state index in [1.807, 2.05) is 43.3 Å². The third kappa shape index (κ3) is 4.27. The van der Waals surface area contributed by atoms with Gasteiger partial charge >= 0.3 is 0 Å². The molecular weight excluding hydrogens is 350 g/mol. The lowest BCUT2D eigenvalue weighted by Crippen LogP contribution is -2.23. The first kappa shape index (κ1) is 17.6. The maximum atomic E-state index is 12.6. The van der Waals surface area contributed by atoms with Crippen LogP contribution in [0, 0.1) is 6.92 Å². The van der Waals surface area contributed by atoms with Gasteiger partial charge in [-0.1, -0.05) is 19.1 Å². The van der Waals surface area contributed by atoms with Gasteiger partial charge in [-0.15, -0.1) is 23.1 Å². The molecule has 0 atom stereocenters. The number of aromatic nitrogens is 2. The van der Waals surface area contributed by atoms with Gasteiger partial charge in [0.25, 0.3) is 5.91 Å². The van der Waals surface area contributed by atoms with Crippen molar-refractivity contribution in [2.45, 2.75) is 25.3 Å². The van der Waals surface area contributed by atoms with Gasteiger partial charge in [0.1, 0.15) is 5.01 Å². The van der Waals surface area contributed by atoms with Crippen molar-refractivity contribution in [1.29, 1.82) is 0 Å². The number of amides is 1. The summed E-state index contributed by atoms with van der Waals surface area (Å²) in [5.74, 6) is 0.888. The van der Waals surface area contributed by atoms with Crippen LogP contribution >= 0.6 is 23.1 Å². The molecular formula is C19H19N3OS2. The highest BCUT2D eigenvalue weighted by Gasteiger charge is 2.13. The number of aryl methyl sites for hydroxylation is 1. The number of thiazole rings is 1. The van der Waals surface area contributed by atoms with Crippen LogP contribution in [0.4, 0.5) is 0 Å². The van der Waals surface area contributed by atoms with E-state index in [1.54, 1.807) is 35.5 Å². The van der Waals surface area contributed by atoms with Gasteiger partial charge in [-0.3, -0.25) is 9.78 Å². The van der Waals surface area contributed by atoms with Gasteiger partial charge in [-0.25, -0.2) is 4.98 Å². The van der Waals surface area contributed by atoms with E-state index in [0.717, 1.165) is 37.4 Å². The second-order valence-corrected chi connectivity index (χ2v) is 7.77. The molecule has 0 spiro atoms. The van der Waals surface area contributed by atoms with Crippen LogP contribution in [0.25, 0.3) is 10.6 Å². The van der Waals surface area contributed by atoms with Crippen LogP contribution in [0.1, 0.15) is 27.9 Å². The van der Waals surface area contributed by atoms with Gasteiger partial charge in [0.15, 0.2) is 0 Å². The van der Waals surface area contributed by atoms with E-state index >= 15 is 0 Å². The fourth-order valence-corrected chi connectivity index (χ4v) is 4.19. The van der Waals surface area contributed by atoms with Crippen LogP contribution < -0.4 is 5.32 Å². The Hall–Kier alpha value is -2.18. The zero-order valence-electron chi connectivity index (χ0n) is 14.2. The number of carbonyl (C=O) groups is 1. The topological polar surface area (TPSA) is 54.9 Å². The zero-order valence-corrected chi connectivity index (χ0v) is 15.8. The number of hydrogen-bond donors (Lipinski definition) is 1. The molecule has 1 aromatic carbocycles. The lowest BCUT2D eigenvalue weighted by Gasteiger charge is -2.08. The summed E-state index contributed by atoms with van der Waals surface area (Å²) in [6, 6.07) is 11.6. The molecule has 2 heterocycles. The van der Waals surface area contributed by atoms with Crippen LogP contribution in [-0.4, -0.2) is 21.6 Å². The summed E-state index contributed by atoms with van der Waals surface area (Å²) in [7, 11) is 0. The summed E-state index contributed by atoms with van der Waals surface area (Å²) in [5.41, 5.74) is 2.67. The monoisotopic (exact) mass is 369 g/mol. The molecule has 0 aliphatic rings. The van der Waals surface area contributed by atoms with Crippen molar-refractivity contribution in [1.82, 2.24) is 15.3 Å². The highest BCUT2D eigenvalue weighted by atomic mass is 32.2. The summed E-state index contributed by atoms with van der Waals surface area (Å²) in [6.45, 7) is 4.53. The highest BCUT2D eigenvalue weighted by molar-refractivity contribution is 7.99. The van der Waals surface area contributed by atoms with E-state index < -0.39 is 0 Å². The predicted octanol–water partition coefficient (Wildman–Crippen LogP) is 4.56. The van der Waals surface area contributed by atoms with Crippen LogP contribution in [0.15, 0.2) is 53.7 Å². The van der Waals surface area contributed by atoms with Crippen molar-refractivity contribution in [2.75, 3.05) is 5.75 Å². The Morgan fingerprint density at radius 1 is 1.24 bits per heavy atom. The summed E-state index contributed by atoms with van der Waals surface area (Å²) in [4.78, 5) is 23.4. The van der Waals surface area contributed by atoms with Crippen molar-refractivity contribution in [3.63, 3.8) is 0 Å². The van der Waals surface area contributed by atoms with E-state index in [1.165, 1.54) is 0 Å². The van der Waals surface area contributed by atoms with E-state index in [-0.39, 0.29) is 5.91 Å². The quantitative estimate of drug-likeness (QED) is 0.647. The first-order chi connectivity index (χ1) is 12.2. The number of rotatable bonds is 6. The van der Waals surface area contributed by atoms with Crippen LogP contribution in [0.2, 0.25) is 0 Å². The van der Waals surface area contributed by atoms with Crippen LogP contribution in [-0.2, 0) is 6.54 Å². The van der Waals surface area contributed by atoms with Crippen molar-refractivity contribution in [3.8, 4) is 10.6 Å². The van der Waals surface area contributed by atoms with Crippen molar-refractivity contribution in [3.05, 3.63) is 64.9 Å². The Kier molecular flexibility index (Phi) is 5.83. The van der Waals surface area contributed by atoms with E-state index in [4.69, 9.17) is 0 Å². The molecule has 3 aromatic rings. The minimum absolute atomic E-state index is 0.0488. The summed E-state index contributed by atoms with van der Waals surface area (Å²) in [5, 5.41) is 3.95. The molecule has 3 rings (SSSR count). The number of thioether (sulfide) groups is 1. The molecule has 0 fully saturated rings. The maximum Gasteiger partial charge on any atom is 0.252 e. The van der Waals surface area contributed by atoms with Crippen molar-refractivity contribution in [2.24, 2.45) is 0 Å². The number of nitrogens with one attached hydrogen (secondary N) is 1. The number of pyridine rings is 1. The zero-order chi connectivity index (χ0) is 17.6. The smallest absolute Gasteiger partial charge is 0.252 e. The average molecular weight is 370 g/mol. The lowest BCUT2D eigenvalue weighted by atomic mass is 10.2. The van der Waals surface area contributed by atoms with Gasteiger partial charge in [-0.05, 0) is 36.9 Å². The molecule has 0 saturated heterocycles. The third-order valence-corrected chi connectivity index (χ3v) is 5.80. The molecule has 2 aromatic heterocycles. The molecule has 1 amide bonds. The van der Waals surface area contributed by atoms with Gasteiger partial charge in [0.2, 0.25) is 0 Å². The number of nitrogens with zero attached hydrogens (tertiary/aromatic N) is 2. The van der Waals surface area contributed by atoms with Crippen LogP contribution in [0.3, 0.4) is 0 Å². The molecule has 0 aliphatic heterocycles. The Morgan fingerprint density at radius 2 is 2.08 bits per heavy atom.